The maximum Gasteiger partial charge on any atom is 0.303 e. The van der Waals surface area contributed by atoms with Crippen molar-refractivity contribution in [3.05, 3.63) is 60.4 Å². The lowest BCUT2D eigenvalue weighted by atomic mass is 10.2. The minimum absolute atomic E-state index is 0.161. The predicted octanol–water partition coefficient (Wildman–Crippen LogP) is 4.67. The molecule has 1 N–H and O–H groups in total. The van der Waals surface area contributed by atoms with Gasteiger partial charge in [0.25, 0.3) is 0 Å². The maximum atomic E-state index is 10.6. The van der Waals surface area contributed by atoms with E-state index in [9.17, 15) is 4.79 Å². The molecule has 3 rings (SSSR count). The highest BCUT2D eigenvalue weighted by Gasteiger charge is 2.12. The van der Waals surface area contributed by atoms with Crippen molar-refractivity contribution in [3.8, 4) is 5.75 Å². The summed E-state index contributed by atoms with van der Waals surface area (Å²) in [5.74, 6) is 1.43. The van der Waals surface area contributed by atoms with Crippen molar-refractivity contribution in [2.75, 3.05) is 19.1 Å². The molecular formula is C22H23N3O3. The molecule has 28 heavy (non-hydrogen) atoms. The molecule has 0 spiro atoms. The van der Waals surface area contributed by atoms with Crippen molar-refractivity contribution in [1.82, 2.24) is 9.97 Å². The van der Waals surface area contributed by atoms with Gasteiger partial charge >= 0.3 is 5.97 Å². The number of allylic oxidation sites excluding steroid dienone is 1. The van der Waals surface area contributed by atoms with Crippen molar-refractivity contribution < 1.29 is 14.6 Å². The van der Waals surface area contributed by atoms with E-state index < -0.39 is 5.97 Å². The number of para-hydroxylation sites is 1. The first-order valence-electron chi connectivity index (χ1n) is 9.11. The summed E-state index contributed by atoms with van der Waals surface area (Å²) < 4.78 is 5.23. The number of carboxylic acids is 1. The average molecular weight is 377 g/mol. The topological polar surface area (TPSA) is 75.5 Å². The minimum Gasteiger partial charge on any atom is -0.497 e. The molecule has 0 radical (unpaired) electrons. The highest BCUT2D eigenvalue weighted by Crippen LogP contribution is 2.30. The Balaban J connectivity index is 1.91. The average Bonchev–Trinajstić information content (AvgIpc) is 2.72. The van der Waals surface area contributed by atoms with Crippen LogP contribution in [-0.4, -0.2) is 35.2 Å². The largest absolute Gasteiger partial charge is 0.497 e. The Bertz CT molecular complexity index is 984. The van der Waals surface area contributed by atoms with Crippen LogP contribution < -0.4 is 9.64 Å². The van der Waals surface area contributed by atoms with E-state index in [0.717, 1.165) is 28.2 Å². The zero-order chi connectivity index (χ0) is 19.9. The minimum atomic E-state index is -0.779. The van der Waals surface area contributed by atoms with Crippen LogP contribution >= 0.6 is 0 Å². The standard InChI is InChI=1S/C22H23N3O3/c1-25(16-12-14-17(28-2)15-13-16)22-18-8-6-7-9-19(18)23-20(24-22)10-4-3-5-11-21(26)27/h4,6-10,12-15H,3,5,11H2,1-2H3,(H,26,27)/b10-4+. The second-order valence-corrected chi connectivity index (χ2v) is 6.37. The van der Waals surface area contributed by atoms with Crippen molar-refractivity contribution in [2.24, 2.45) is 0 Å². The second-order valence-electron chi connectivity index (χ2n) is 6.37. The molecule has 0 amide bonds. The predicted molar refractivity (Wildman–Crippen MR) is 111 cm³/mol. The van der Waals surface area contributed by atoms with E-state index >= 15 is 0 Å². The van der Waals surface area contributed by atoms with Crippen molar-refractivity contribution in [1.29, 1.82) is 0 Å². The van der Waals surface area contributed by atoms with Crippen LogP contribution in [0.2, 0.25) is 0 Å². The quantitative estimate of drug-likeness (QED) is 0.575. The number of carboxylic acid groups (broad SMARTS) is 1. The number of anilines is 2. The fourth-order valence-electron chi connectivity index (χ4n) is 2.90. The number of methoxy groups -OCH3 is 1. The van der Waals surface area contributed by atoms with Crippen LogP contribution in [0.5, 0.6) is 5.75 Å². The zero-order valence-electron chi connectivity index (χ0n) is 16.0. The number of rotatable bonds is 8. The number of hydrogen-bond donors (Lipinski definition) is 1. The number of aliphatic carboxylic acids is 1. The third-order valence-corrected chi connectivity index (χ3v) is 4.41. The normalized spacial score (nSPS) is 11.1. The molecule has 0 atom stereocenters. The number of aromatic nitrogens is 2. The molecule has 0 aliphatic rings. The Morgan fingerprint density at radius 1 is 1.14 bits per heavy atom. The summed E-state index contributed by atoms with van der Waals surface area (Å²) >= 11 is 0. The SMILES string of the molecule is COc1ccc(N(C)c2nc(/C=C/CCCC(=O)O)nc3ccccc23)cc1. The van der Waals surface area contributed by atoms with Crippen LogP contribution in [0.4, 0.5) is 11.5 Å². The van der Waals surface area contributed by atoms with Crippen LogP contribution in [0, 0.1) is 0 Å². The molecule has 0 saturated carbocycles. The van der Waals surface area contributed by atoms with Gasteiger partial charge in [0.2, 0.25) is 0 Å². The van der Waals surface area contributed by atoms with E-state index in [-0.39, 0.29) is 6.42 Å². The van der Waals surface area contributed by atoms with E-state index in [0.29, 0.717) is 18.7 Å². The molecule has 0 fully saturated rings. The van der Waals surface area contributed by atoms with Crippen LogP contribution in [0.1, 0.15) is 25.1 Å². The van der Waals surface area contributed by atoms with Crippen molar-refractivity contribution >= 4 is 34.5 Å². The Labute approximate surface area is 164 Å². The molecule has 0 unspecified atom stereocenters. The summed E-state index contributed by atoms with van der Waals surface area (Å²) in [6.45, 7) is 0. The molecular weight excluding hydrogens is 354 g/mol. The third kappa shape index (κ3) is 4.65. The van der Waals surface area contributed by atoms with E-state index in [1.807, 2.05) is 72.6 Å². The number of benzene rings is 2. The summed E-state index contributed by atoms with van der Waals surface area (Å²) in [4.78, 5) is 22.0. The van der Waals surface area contributed by atoms with Crippen LogP contribution in [0.15, 0.2) is 54.6 Å². The van der Waals surface area contributed by atoms with Gasteiger partial charge in [-0.2, -0.15) is 0 Å². The molecule has 144 valence electrons. The summed E-state index contributed by atoms with van der Waals surface area (Å²) in [5.41, 5.74) is 1.85. The highest BCUT2D eigenvalue weighted by molar-refractivity contribution is 5.92. The first-order chi connectivity index (χ1) is 13.6. The summed E-state index contributed by atoms with van der Waals surface area (Å²) in [6.07, 6.45) is 5.20. The first kappa shape index (κ1) is 19.4. The van der Waals surface area contributed by atoms with Crippen LogP contribution in [-0.2, 0) is 4.79 Å². The maximum absolute atomic E-state index is 10.6. The summed E-state index contributed by atoms with van der Waals surface area (Å²) in [5, 5.41) is 9.69. The number of carbonyl (C=O) groups is 1. The Hall–Kier alpha value is -3.41. The molecule has 1 heterocycles. The van der Waals surface area contributed by atoms with Gasteiger partial charge in [-0.25, -0.2) is 9.97 Å². The van der Waals surface area contributed by atoms with Gasteiger partial charge in [-0.05, 0) is 55.3 Å². The van der Waals surface area contributed by atoms with Gasteiger partial charge in [0.1, 0.15) is 11.6 Å². The number of fused-ring (bicyclic) bond motifs is 1. The Morgan fingerprint density at radius 3 is 2.61 bits per heavy atom. The highest BCUT2D eigenvalue weighted by atomic mass is 16.5. The molecule has 3 aromatic rings. The fourth-order valence-corrected chi connectivity index (χ4v) is 2.90. The van der Waals surface area contributed by atoms with Gasteiger partial charge < -0.3 is 14.7 Å². The molecule has 0 aliphatic heterocycles. The smallest absolute Gasteiger partial charge is 0.303 e. The van der Waals surface area contributed by atoms with Crippen LogP contribution in [0.3, 0.4) is 0 Å². The van der Waals surface area contributed by atoms with E-state index in [1.165, 1.54) is 0 Å². The lowest BCUT2D eigenvalue weighted by molar-refractivity contribution is -0.137. The molecule has 1 aromatic heterocycles. The molecule has 6 nitrogen and oxygen atoms in total. The third-order valence-electron chi connectivity index (χ3n) is 4.41. The van der Waals surface area contributed by atoms with Gasteiger partial charge in [-0.3, -0.25) is 4.79 Å². The molecule has 6 heteroatoms. The number of nitrogens with zero attached hydrogens (tertiary/aromatic N) is 3. The number of unbranched alkanes of at least 4 members (excludes halogenated alkanes) is 1. The van der Waals surface area contributed by atoms with E-state index in [1.54, 1.807) is 7.11 Å². The lowest BCUT2D eigenvalue weighted by Crippen LogP contribution is -2.13. The monoisotopic (exact) mass is 377 g/mol. The zero-order valence-corrected chi connectivity index (χ0v) is 16.0. The van der Waals surface area contributed by atoms with Gasteiger partial charge in [0.15, 0.2) is 5.82 Å². The summed E-state index contributed by atoms with van der Waals surface area (Å²) in [7, 11) is 3.61. The van der Waals surface area contributed by atoms with Crippen molar-refractivity contribution in [3.63, 3.8) is 0 Å². The fraction of sp³-hybridized carbons (Fsp3) is 0.227. The van der Waals surface area contributed by atoms with E-state index in [4.69, 9.17) is 14.8 Å². The second kappa shape index (κ2) is 8.99. The first-order valence-corrected chi connectivity index (χ1v) is 9.11. The molecule has 0 aliphatic carbocycles. The van der Waals surface area contributed by atoms with Gasteiger partial charge in [-0.15, -0.1) is 0 Å². The molecule has 0 saturated heterocycles. The van der Waals surface area contributed by atoms with Gasteiger partial charge in [-0.1, -0.05) is 18.2 Å². The van der Waals surface area contributed by atoms with E-state index in [2.05, 4.69) is 4.98 Å². The number of ether oxygens (including phenoxy) is 1. The van der Waals surface area contributed by atoms with Crippen molar-refractivity contribution in [2.45, 2.75) is 19.3 Å². The molecule has 0 bridgehead atoms. The van der Waals surface area contributed by atoms with Gasteiger partial charge in [0, 0.05) is 24.5 Å². The Kier molecular flexibility index (Phi) is 6.22. The number of hydrogen-bond acceptors (Lipinski definition) is 5. The summed E-state index contributed by atoms with van der Waals surface area (Å²) in [6, 6.07) is 15.7. The van der Waals surface area contributed by atoms with Gasteiger partial charge in [0.05, 0.1) is 12.6 Å². The Morgan fingerprint density at radius 2 is 1.89 bits per heavy atom. The molecule has 2 aromatic carbocycles. The van der Waals surface area contributed by atoms with Crippen LogP contribution in [0.25, 0.3) is 17.0 Å². The lowest BCUT2D eigenvalue weighted by Gasteiger charge is -2.20.